The van der Waals surface area contributed by atoms with E-state index in [0.717, 1.165) is 6.92 Å². The minimum atomic E-state index is -2.41. The Hall–Kier alpha value is -4.81. The summed E-state index contributed by atoms with van der Waals surface area (Å²) in [5, 5.41) is 36.0. The van der Waals surface area contributed by atoms with Gasteiger partial charge in [0.1, 0.15) is 11.5 Å². The van der Waals surface area contributed by atoms with E-state index in [0.29, 0.717) is 11.1 Å². The van der Waals surface area contributed by atoms with Crippen molar-refractivity contribution in [3.8, 4) is 11.5 Å². The first-order valence-corrected chi connectivity index (χ1v) is 13.0. The second-order valence-corrected chi connectivity index (χ2v) is 10.0. The highest BCUT2D eigenvalue weighted by Crippen LogP contribution is 2.20. The number of carboxylic acid groups (broad SMARTS) is 1. The molecule has 0 spiro atoms. The molecule has 0 saturated heterocycles. The van der Waals surface area contributed by atoms with Crippen molar-refractivity contribution in [3.05, 3.63) is 94.0 Å². The van der Waals surface area contributed by atoms with Crippen LogP contribution in [-0.4, -0.2) is 56.0 Å². The lowest BCUT2D eigenvalue weighted by Gasteiger charge is -2.28. The molecule has 0 aliphatic heterocycles. The van der Waals surface area contributed by atoms with Crippen LogP contribution in [0, 0.1) is 0 Å². The number of phenols is 2. The number of amides is 4. The summed E-state index contributed by atoms with van der Waals surface area (Å²) < 4.78 is 0. The van der Waals surface area contributed by atoms with E-state index in [4.69, 9.17) is 23.2 Å². The van der Waals surface area contributed by atoms with Crippen LogP contribution in [0.15, 0.2) is 66.7 Å². The van der Waals surface area contributed by atoms with Crippen LogP contribution in [0.2, 0.25) is 5.02 Å². The fraction of sp³-hybridized carbons (Fsp3) is 0.179. The summed E-state index contributed by atoms with van der Waals surface area (Å²) in [4.78, 5) is 62.4. The second-order valence-electron chi connectivity index (χ2n) is 9.17. The number of rotatable bonds is 11. The molecule has 0 aliphatic rings. The summed E-state index contributed by atoms with van der Waals surface area (Å²) in [5.41, 5.74) is -1.34. The van der Waals surface area contributed by atoms with Crippen LogP contribution in [0.25, 0.3) is 0 Å². The Kier molecular flexibility index (Phi) is 10.3. The first-order chi connectivity index (χ1) is 19.8. The van der Waals surface area contributed by atoms with Crippen molar-refractivity contribution in [1.82, 2.24) is 21.3 Å². The Bertz CT molecular complexity index is 1530. The number of aromatic hydroxyl groups is 2. The fourth-order valence-electron chi connectivity index (χ4n) is 3.60. The molecule has 0 bridgehead atoms. The van der Waals surface area contributed by atoms with Crippen LogP contribution >= 0.6 is 23.2 Å². The number of aliphatic carboxylic acids is 1. The van der Waals surface area contributed by atoms with Crippen LogP contribution in [-0.2, 0) is 27.5 Å². The first-order valence-electron chi connectivity index (χ1n) is 12.2. The zero-order valence-corrected chi connectivity index (χ0v) is 23.5. The molecule has 0 radical (unpaired) electrons. The quantitative estimate of drug-likeness (QED) is 0.0967. The van der Waals surface area contributed by atoms with Crippen molar-refractivity contribution in [2.24, 2.45) is 0 Å². The summed E-state index contributed by atoms with van der Waals surface area (Å²) in [6, 6.07) is 16.0. The average molecular weight is 617 g/mol. The lowest BCUT2D eigenvalue weighted by Crippen LogP contribution is -2.65. The predicted octanol–water partition coefficient (Wildman–Crippen LogP) is 2.25. The van der Waals surface area contributed by atoms with E-state index in [-0.39, 0.29) is 40.7 Å². The number of hydrogen-bond acceptors (Lipinski definition) is 7. The van der Waals surface area contributed by atoms with Crippen molar-refractivity contribution in [1.29, 1.82) is 0 Å². The van der Waals surface area contributed by atoms with Crippen molar-refractivity contribution in [2.75, 3.05) is 0 Å². The zero-order valence-electron chi connectivity index (χ0n) is 22.0. The minimum absolute atomic E-state index is 0.0298. The third-order valence-electron chi connectivity index (χ3n) is 5.84. The molecule has 1 unspecified atom stereocenters. The lowest BCUT2D eigenvalue weighted by atomic mass is 10.1. The van der Waals surface area contributed by atoms with E-state index in [1.54, 1.807) is 24.3 Å². The number of phenolic OH excluding ortho intramolecular Hbond substituents is 2. The van der Waals surface area contributed by atoms with Crippen LogP contribution in [0.5, 0.6) is 11.5 Å². The molecule has 4 amide bonds. The number of carbonyl (C=O) groups is 5. The van der Waals surface area contributed by atoms with Gasteiger partial charge in [0.25, 0.3) is 11.8 Å². The van der Waals surface area contributed by atoms with Crippen molar-refractivity contribution in [3.63, 3.8) is 0 Å². The maximum absolute atomic E-state index is 12.9. The Labute approximate surface area is 249 Å². The molecule has 0 heterocycles. The molecule has 3 aromatic carbocycles. The monoisotopic (exact) mass is 616 g/mol. The lowest BCUT2D eigenvalue weighted by molar-refractivity contribution is -0.148. The predicted molar refractivity (Wildman–Crippen MR) is 152 cm³/mol. The molecule has 3 rings (SSSR count). The fourth-order valence-corrected chi connectivity index (χ4v) is 4.00. The SMILES string of the molecule is C[C@@](NC(=O)c1ccc(C(=O)NCc2cccc(O)c2)cc1Cl)(NC(=O)C(Cl)C(=O)NCc1cccc(O)c1)C(=O)O. The number of alkyl halides is 1. The van der Waals surface area contributed by atoms with Crippen molar-refractivity contribution in [2.45, 2.75) is 31.1 Å². The Balaban J connectivity index is 1.63. The molecule has 220 valence electrons. The second kappa shape index (κ2) is 13.7. The van der Waals surface area contributed by atoms with Crippen LogP contribution < -0.4 is 21.3 Å². The largest absolute Gasteiger partial charge is 0.508 e. The van der Waals surface area contributed by atoms with Gasteiger partial charge in [-0.25, -0.2) is 4.79 Å². The number of benzene rings is 3. The van der Waals surface area contributed by atoms with Gasteiger partial charge in [-0.2, -0.15) is 0 Å². The molecule has 0 fully saturated rings. The van der Waals surface area contributed by atoms with E-state index in [9.17, 15) is 39.3 Å². The van der Waals surface area contributed by atoms with Crippen molar-refractivity contribution < 1.29 is 39.3 Å². The van der Waals surface area contributed by atoms with E-state index < -0.39 is 40.6 Å². The minimum Gasteiger partial charge on any atom is -0.508 e. The average Bonchev–Trinajstić information content (AvgIpc) is 2.93. The molecular weight excluding hydrogens is 591 g/mol. The van der Waals surface area contributed by atoms with Gasteiger partial charge in [-0.15, -0.1) is 11.6 Å². The highest BCUT2D eigenvalue weighted by molar-refractivity contribution is 6.41. The van der Waals surface area contributed by atoms with Gasteiger partial charge in [0, 0.05) is 18.7 Å². The number of carbonyl (C=O) groups excluding carboxylic acids is 4. The molecule has 0 saturated carbocycles. The molecule has 0 aromatic heterocycles. The number of nitrogens with one attached hydrogen (secondary N) is 4. The highest BCUT2D eigenvalue weighted by Gasteiger charge is 2.40. The van der Waals surface area contributed by atoms with Gasteiger partial charge in [0.05, 0.1) is 10.6 Å². The van der Waals surface area contributed by atoms with Gasteiger partial charge >= 0.3 is 5.97 Å². The Morgan fingerprint density at radius 1 is 0.786 bits per heavy atom. The van der Waals surface area contributed by atoms with E-state index >= 15 is 0 Å². The molecule has 42 heavy (non-hydrogen) atoms. The van der Waals surface area contributed by atoms with Crippen LogP contribution in [0.3, 0.4) is 0 Å². The van der Waals surface area contributed by atoms with Gasteiger partial charge < -0.3 is 36.6 Å². The normalized spacial score (nSPS) is 12.7. The molecule has 3 aromatic rings. The number of halogens is 2. The van der Waals surface area contributed by atoms with Gasteiger partial charge in [0.2, 0.25) is 17.5 Å². The summed E-state index contributed by atoms with van der Waals surface area (Å²) in [5.74, 6) is -5.34. The van der Waals surface area contributed by atoms with Gasteiger partial charge in [-0.3, -0.25) is 19.2 Å². The maximum Gasteiger partial charge on any atom is 0.350 e. The van der Waals surface area contributed by atoms with Crippen LogP contribution in [0.1, 0.15) is 38.8 Å². The third kappa shape index (κ3) is 8.35. The standard InChI is InChI=1S/C28H26Cl2N4O8/c1-28(27(41)42,34-26(40)22(30)25(39)32-14-16-5-3-7-19(36)11-16)33-24(38)20-9-8-17(12-21(20)29)23(37)31-13-15-4-2-6-18(35)10-15/h2-12,22,35-36H,13-14H2,1H3,(H,31,37)(H,32,39)(H,33,38)(H,34,40)(H,41,42)/t22?,28-/m1/s1. The Morgan fingerprint density at radius 2 is 1.36 bits per heavy atom. The molecule has 0 aliphatic carbocycles. The molecular formula is C28H26Cl2N4O8. The van der Waals surface area contributed by atoms with E-state index in [1.165, 1.54) is 42.5 Å². The molecule has 2 atom stereocenters. The molecule has 12 nitrogen and oxygen atoms in total. The number of carboxylic acids is 1. The van der Waals surface area contributed by atoms with Gasteiger partial charge in [-0.05, 0) is 60.5 Å². The summed E-state index contributed by atoms with van der Waals surface area (Å²) in [7, 11) is 0. The van der Waals surface area contributed by atoms with Crippen LogP contribution in [0.4, 0.5) is 0 Å². The maximum atomic E-state index is 12.9. The zero-order chi connectivity index (χ0) is 31.0. The third-order valence-corrected chi connectivity index (χ3v) is 6.55. The molecule has 14 heteroatoms. The highest BCUT2D eigenvalue weighted by atomic mass is 35.5. The summed E-state index contributed by atoms with van der Waals surface area (Å²) >= 11 is 12.1. The summed E-state index contributed by atoms with van der Waals surface area (Å²) in [6.45, 7) is 1.01. The van der Waals surface area contributed by atoms with Gasteiger partial charge in [-0.1, -0.05) is 35.9 Å². The van der Waals surface area contributed by atoms with Gasteiger partial charge in [0.15, 0.2) is 5.38 Å². The smallest absolute Gasteiger partial charge is 0.350 e. The molecule has 7 N–H and O–H groups in total. The van der Waals surface area contributed by atoms with E-state index in [2.05, 4.69) is 16.0 Å². The topological polar surface area (TPSA) is 194 Å². The summed E-state index contributed by atoms with van der Waals surface area (Å²) in [6.07, 6.45) is 0. The number of hydrogen-bond donors (Lipinski definition) is 7. The van der Waals surface area contributed by atoms with E-state index in [1.807, 2.05) is 5.32 Å². The van der Waals surface area contributed by atoms with Crippen molar-refractivity contribution >= 4 is 52.8 Å². The first kappa shape index (κ1) is 31.7. The Morgan fingerprint density at radius 3 is 1.88 bits per heavy atom.